The van der Waals surface area contributed by atoms with E-state index in [-0.39, 0.29) is 12.2 Å². The van der Waals surface area contributed by atoms with Crippen LogP contribution < -0.4 is 4.74 Å². The number of hydrogen-bond donors (Lipinski definition) is 0. The van der Waals surface area contributed by atoms with E-state index >= 15 is 0 Å². The number of methoxy groups -OCH3 is 1. The Balaban J connectivity index is 1.76. The average Bonchev–Trinajstić information content (AvgIpc) is 3.20. The van der Waals surface area contributed by atoms with Crippen molar-refractivity contribution < 1.29 is 9.47 Å². The molecule has 1 unspecified atom stereocenters. The normalized spacial score (nSPS) is 22.2. The monoisotopic (exact) mass is 227 g/mol. The van der Waals surface area contributed by atoms with E-state index in [0.29, 0.717) is 0 Å². The molecular formula is C14H13NO2. The van der Waals surface area contributed by atoms with Crippen molar-refractivity contribution >= 4 is 0 Å². The van der Waals surface area contributed by atoms with Crippen LogP contribution >= 0.6 is 0 Å². The van der Waals surface area contributed by atoms with Gasteiger partial charge in [-0.05, 0) is 29.8 Å². The molecule has 1 fully saturated rings. The van der Waals surface area contributed by atoms with Crippen LogP contribution in [-0.2, 0) is 4.74 Å². The fourth-order valence-electron chi connectivity index (χ4n) is 1.93. The molecule has 0 aliphatic carbocycles. The van der Waals surface area contributed by atoms with Crippen LogP contribution in [0, 0.1) is 0 Å². The van der Waals surface area contributed by atoms with Crippen molar-refractivity contribution in [3.63, 3.8) is 0 Å². The number of nitrogens with zero attached hydrogens (tertiary/aromatic N) is 1. The number of pyridine rings is 1. The summed E-state index contributed by atoms with van der Waals surface area (Å²) in [5, 5.41) is 0. The van der Waals surface area contributed by atoms with Gasteiger partial charge in [-0.3, -0.25) is 4.98 Å². The molecule has 2 aromatic rings. The van der Waals surface area contributed by atoms with Crippen LogP contribution in [0.1, 0.15) is 23.5 Å². The molecule has 0 saturated carbocycles. The van der Waals surface area contributed by atoms with E-state index in [9.17, 15) is 0 Å². The second-order valence-electron chi connectivity index (χ2n) is 4.01. The molecular weight excluding hydrogens is 214 g/mol. The molecule has 3 heteroatoms. The van der Waals surface area contributed by atoms with E-state index in [4.69, 9.17) is 9.47 Å². The maximum Gasteiger partial charge on any atom is 0.131 e. The zero-order chi connectivity index (χ0) is 11.7. The van der Waals surface area contributed by atoms with Crippen LogP contribution in [0.5, 0.6) is 5.75 Å². The molecule has 0 N–H and O–H groups in total. The predicted molar refractivity (Wildman–Crippen MR) is 63.8 cm³/mol. The Bertz CT molecular complexity index is 495. The van der Waals surface area contributed by atoms with Gasteiger partial charge in [-0.2, -0.15) is 0 Å². The van der Waals surface area contributed by atoms with E-state index in [0.717, 1.165) is 11.4 Å². The third kappa shape index (κ3) is 2.01. The second kappa shape index (κ2) is 4.18. The fraction of sp³-hybridized carbons (Fsp3) is 0.214. The Morgan fingerprint density at radius 3 is 2.53 bits per heavy atom. The van der Waals surface area contributed by atoms with Gasteiger partial charge >= 0.3 is 0 Å². The third-order valence-electron chi connectivity index (χ3n) is 2.92. The quantitative estimate of drug-likeness (QED) is 0.756. The van der Waals surface area contributed by atoms with E-state index in [2.05, 4.69) is 4.98 Å². The van der Waals surface area contributed by atoms with Crippen LogP contribution in [-0.4, -0.2) is 12.1 Å². The molecule has 1 aliphatic rings. The third-order valence-corrected chi connectivity index (χ3v) is 2.92. The number of aromatic nitrogens is 1. The van der Waals surface area contributed by atoms with Crippen molar-refractivity contribution in [2.45, 2.75) is 12.2 Å². The Kier molecular flexibility index (Phi) is 2.53. The van der Waals surface area contributed by atoms with Crippen LogP contribution in [0.2, 0.25) is 0 Å². The molecule has 1 saturated heterocycles. The first-order chi connectivity index (χ1) is 8.38. The lowest BCUT2D eigenvalue weighted by Crippen LogP contribution is -1.88. The lowest BCUT2D eigenvalue weighted by Gasteiger charge is -2.00. The average molecular weight is 227 g/mol. The lowest BCUT2D eigenvalue weighted by atomic mass is 10.1. The van der Waals surface area contributed by atoms with Gasteiger partial charge in [0.05, 0.1) is 12.8 Å². The lowest BCUT2D eigenvalue weighted by molar-refractivity contribution is 0.374. The maximum absolute atomic E-state index is 5.66. The molecule has 2 heterocycles. The minimum atomic E-state index is 0.101. The van der Waals surface area contributed by atoms with Gasteiger partial charge in [0.2, 0.25) is 0 Å². The molecule has 3 rings (SSSR count). The topological polar surface area (TPSA) is 34.6 Å². The van der Waals surface area contributed by atoms with Crippen molar-refractivity contribution in [2.75, 3.05) is 7.11 Å². The molecule has 86 valence electrons. The molecule has 0 spiro atoms. The summed E-state index contributed by atoms with van der Waals surface area (Å²) in [7, 11) is 1.67. The summed E-state index contributed by atoms with van der Waals surface area (Å²) in [5.74, 6) is 0.865. The summed E-state index contributed by atoms with van der Waals surface area (Å²) in [6.45, 7) is 0. The molecule has 1 aromatic carbocycles. The van der Waals surface area contributed by atoms with Crippen LogP contribution in [0.3, 0.4) is 0 Å². The molecule has 0 amide bonds. The van der Waals surface area contributed by atoms with E-state index in [1.165, 1.54) is 5.56 Å². The second-order valence-corrected chi connectivity index (χ2v) is 4.01. The molecule has 1 aliphatic heterocycles. The van der Waals surface area contributed by atoms with E-state index in [1.807, 2.05) is 42.5 Å². The van der Waals surface area contributed by atoms with Crippen molar-refractivity contribution in [1.29, 1.82) is 0 Å². The number of hydrogen-bond acceptors (Lipinski definition) is 3. The molecule has 17 heavy (non-hydrogen) atoms. The minimum absolute atomic E-state index is 0.101. The zero-order valence-corrected chi connectivity index (χ0v) is 9.54. The highest BCUT2D eigenvalue weighted by Crippen LogP contribution is 2.50. The minimum Gasteiger partial charge on any atom is -0.497 e. The van der Waals surface area contributed by atoms with E-state index in [1.54, 1.807) is 13.3 Å². The van der Waals surface area contributed by atoms with Gasteiger partial charge in [0.1, 0.15) is 18.0 Å². The summed E-state index contributed by atoms with van der Waals surface area (Å²) in [4.78, 5) is 4.30. The van der Waals surface area contributed by atoms with Gasteiger partial charge in [-0.1, -0.05) is 18.2 Å². The standard InChI is InChI=1S/C14H13NO2/c1-16-11-7-5-10(6-8-11)13-14(17-13)12-4-2-3-9-15-12/h2-9,13-14H,1H3/t13?,14-/m1/s1. The summed E-state index contributed by atoms with van der Waals surface area (Å²) < 4.78 is 10.8. The van der Waals surface area contributed by atoms with Gasteiger partial charge in [0.15, 0.2) is 0 Å². The Labute approximate surface area is 100 Å². The summed E-state index contributed by atoms with van der Waals surface area (Å²) in [6, 6.07) is 13.9. The first kappa shape index (κ1) is 10.3. The van der Waals surface area contributed by atoms with Gasteiger partial charge in [0, 0.05) is 6.20 Å². The highest BCUT2D eigenvalue weighted by atomic mass is 16.6. The van der Waals surface area contributed by atoms with Crippen LogP contribution in [0.15, 0.2) is 48.7 Å². The first-order valence-corrected chi connectivity index (χ1v) is 5.59. The molecule has 0 bridgehead atoms. The van der Waals surface area contributed by atoms with Crippen LogP contribution in [0.4, 0.5) is 0 Å². The Hall–Kier alpha value is -1.87. The number of benzene rings is 1. The van der Waals surface area contributed by atoms with Crippen LogP contribution in [0.25, 0.3) is 0 Å². The first-order valence-electron chi connectivity index (χ1n) is 5.59. The molecule has 2 atom stereocenters. The number of epoxide rings is 1. The number of rotatable bonds is 3. The van der Waals surface area contributed by atoms with E-state index < -0.39 is 0 Å². The summed E-state index contributed by atoms with van der Waals surface area (Å²) in [6.07, 6.45) is 2.03. The van der Waals surface area contributed by atoms with Crippen molar-refractivity contribution in [2.24, 2.45) is 0 Å². The summed E-state index contributed by atoms with van der Waals surface area (Å²) in [5.41, 5.74) is 2.16. The van der Waals surface area contributed by atoms with Crippen molar-refractivity contribution in [3.05, 3.63) is 59.9 Å². The summed E-state index contributed by atoms with van der Waals surface area (Å²) >= 11 is 0. The van der Waals surface area contributed by atoms with Gasteiger partial charge in [-0.15, -0.1) is 0 Å². The van der Waals surface area contributed by atoms with Crippen molar-refractivity contribution in [3.8, 4) is 5.75 Å². The maximum atomic E-state index is 5.66. The van der Waals surface area contributed by atoms with Gasteiger partial charge < -0.3 is 9.47 Å². The Morgan fingerprint density at radius 2 is 1.88 bits per heavy atom. The highest BCUT2D eigenvalue weighted by molar-refractivity contribution is 5.32. The largest absolute Gasteiger partial charge is 0.497 e. The smallest absolute Gasteiger partial charge is 0.131 e. The Morgan fingerprint density at radius 1 is 1.06 bits per heavy atom. The molecule has 3 nitrogen and oxygen atoms in total. The van der Waals surface area contributed by atoms with Crippen molar-refractivity contribution in [1.82, 2.24) is 4.98 Å². The SMILES string of the molecule is COc1ccc(C2O[C@@H]2c2ccccn2)cc1. The van der Waals surface area contributed by atoms with Gasteiger partial charge in [-0.25, -0.2) is 0 Å². The fourth-order valence-corrected chi connectivity index (χ4v) is 1.93. The van der Waals surface area contributed by atoms with Gasteiger partial charge in [0.25, 0.3) is 0 Å². The molecule has 0 radical (unpaired) electrons. The highest BCUT2D eigenvalue weighted by Gasteiger charge is 2.42. The zero-order valence-electron chi connectivity index (χ0n) is 9.54. The predicted octanol–water partition coefficient (Wildman–Crippen LogP) is 2.90. The molecule has 1 aromatic heterocycles. The number of ether oxygens (including phenoxy) is 2.